The van der Waals surface area contributed by atoms with E-state index in [1.165, 1.54) is 27.8 Å². The molecule has 1 rings (SSSR count). The minimum atomic E-state index is -1.49. The number of hydrogen-bond donors (Lipinski definition) is 0. The summed E-state index contributed by atoms with van der Waals surface area (Å²) in [6, 6.07) is 2.37. The van der Waals surface area contributed by atoms with Crippen molar-refractivity contribution in [3.05, 3.63) is 33.9 Å². The van der Waals surface area contributed by atoms with Gasteiger partial charge in [-0.05, 0) is 82.1 Å². The first kappa shape index (κ1) is 33.4. The zero-order valence-electron chi connectivity index (χ0n) is 19.7. The van der Waals surface area contributed by atoms with Crippen molar-refractivity contribution in [2.24, 2.45) is 0 Å². The number of hydrogen-bond acceptors (Lipinski definition) is 0. The number of rotatable bonds is 14. The molecule has 0 N–H and O–H groups in total. The van der Waals surface area contributed by atoms with Crippen LogP contribution >= 0.6 is 88.6 Å². The molecule has 0 fully saturated rings. The van der Waals surface area contributed by atoms with Crippen LogP contribution in [0.15, 0.2) is 6.07 Å². The summed E-state index contributed by atoms with van der Waals surface area (Å²) in [6.07, 6.45) is 5.37. The maximum absolute atomic E-state index is 6.42. The van der Waals surface area contributed by atoms with E-state index in [0.29, 0.717) is 0 Å². The van der Waals surface area contributed by atoms with E-state index in [0.717, 1.165) is 38.5 Å². The van der Waals surface area contributed by atoms with Crippen molar-refractivity contribution in [1.82, 2.24) is 0 Å². The Morgan fingerprint density at radius 3 is 1.24 bits per heavy atom. The standard InChI is InChI=1S/C21H32Cl8Si4/c1-6-7-17-12-18(8-13(2)30(22)23)20(10-15(4)32(26)27)21(11-16(5)33(28)29)19(17)9-14(3)31(24)25/h12-16H,6-11H2,1-5H3. The van der Waals surface area contributed by atoms with Crippen molar-refractivity contribution < 1.29 is 0 Å². The largest absolute Gasteiger partial charge is 0.277 e. The van der Waals surface area contributed by atoms with Gasteiger partial charge in [0.1, 0.15) is 0 Å². The van der Waals surface area contributed by atoms with E-state index in [2.05, 4.69) is 40.7 Å². The molecular formula is C21H32Cl8Si4. The predicted octanol–water partition coefficient (Wildman–Crippen LogP) is 10.2. The molecule has 0 amide bonds. The van der Waals surface area contributed by atoms with E-state index in [4.69, 9.17) is 88.6 Å². The fourth-order valence-corrected chi connectivity index (χ4v) is 7.24. The molecule has 0 aliphatic heterocycles. The summed E-state index contributed by atoms with van der Waals surface area (Å²) in [5.74, 6) is 0. The molecule has 0 heterocycles. The summed E-state index contributed by atoms with van der Waals surface area (Å²) in [6.45, 7) is 10.7. The summed E-state index contributed by atoms with van der Waals surface area (Å²) in [5, 5.41) is 0. The first-order chi connectivity index (χ1) is 15.3. The molecule has 0 spiro atoms. The third kappa shape index (κ3) is 11.0. The lowest BCUT2D eigenvalue weighted by Crippen LogP contribution is -2.19. The lowest BCUT2D eigenvalue weighted by molar-refractivity contribution is 0.774. The Hall–Kier alpha value is 2.41. The molecule has 12 heteroatoms. The first-order valence-corrected chi connectivity index (χ1v) is 25.6. The third-order valence-corrected chi connectivity index (χ3v) is 18.7. The molecule has 4 unspecified atom stereocenters. The van der Waals surface area contributed by atoms with Crippen LogP contribution in [0.1, 0.15) is 68.9 Å². The lowest BCUT2D eigenvalue weighted by Gasteiger charge is -2.28. The van der Waals surface area contributed by atoms with Crippen LogP contribution in [-0.2, 0) is 32.1 Å². The molecule has 0 aromatic heterocycles. The van der Waals surface area contributed by atoms with E-state index >= 15 is 0 Å². The molecule has 4 radical (unpaired) electrons. The average Bonchev–Trinajstić information content (AvgIpc) is 2.71. The Morgan fingerprint density at radius 1 is 0.545 bits per heavy atom. The van der Waals surface area contributed by atoms with Gasteiger partial charge in [-0.15, -0.1) is 88.6 Å². The Morgan fingerprint density at radius 2 is 0.879 bits per heavy atom. The van der Waals surface area contributed by atoms with Crippen LogP contribution in [0.5, 0.6) is 0 Å². The normalized spacial score (nSPS) is 16.2. The van der Waals surface area contributed by atoms with Crippen LogP contribution in [0.4, 0.5) is 0 Å². The Kier molecular flexibility index (Phi) is 16.6. The van der Waals surface area contributed by atoms with Crippen molar-refractivity contribution in [2.75, 3.05) is 0 Å². The van der Waals surface area contributed by atoms with E-state index in [-0.39, 0.29) is 22.2 Å². The van der Waals surface area contributed by atoms with Gasteiger partial charge < -0.3 is 0 Å². The highest BCUT2D eigenvalue weighted by Gasteiger charge is 2.29. The van der Waals surface area contributed by atoms with Crippen LogP contribution in [0.25, 0.3) is 0 Å². The van der Waals surface area contributed by atoms with Gasteiger partial charge in [0, 0.05) is 0 Å². The maximum Gasteiger partial charge on any atom is 0.277 e. The minimum Gasteiger partial charge on any atom is -0.146 e. The zero-order chi connectivity index (χ0) is 25.5. The number of benzene rings is 1. The highest BCUT2D eigenvalue weighted by molar-refractivity contribution is 7.35. The van der Waals surface area contributed by atoms with Gasteiger partial charge in [-0.1, -0.05) is 47.1 Å². The van der Waals surface area contributed by atoms with Crippen molar-refractivity contribution in [3.63, 3.8) is 0 Å². The van der Waals surface area contributed by atoms with Crippen LogP contribution in [0, 0.1) is 0 Å². The predicted molar refractivity (Wildman–Crippen MR) is 163 cm³/mol. The minimum absolute atomic E-state index is 0.192. The van der Waals surface area contributed by atoms with Crippen molar-refractivity contribution in [2.45, 2.75) is 95.3 Å². The molecule has 0 bridgehead atoms. The van der Waals surface area contributed by atoms with Crippen molar-refractivity contribution in [1.29, 1.82) is 0 Å². The lowest BCUT2D eigenvalue weighted by atomic mass is 9.83. The molecule has 188 valence electrons. The van der Waals surface area contributed by atoms with Crippen LogP contribution in [0.3, 0.4) is 0 Å². The zero-order valence-corrected chi connectivity index (χ0v) is 29.7. The second kappa shape index (κ2) is 16.4. The second-order valence-electron chi connectivity index (χ2n) is 8.96. The fraction of sp³-hybridized carbons (Fsp3) is 0.714. The molecule has 0 saturated heterocycles. The van der Waals surface area contributed by atoms with Gasteiger partial charge >= 0.3 is 0 Å². The SMILES string of the molecule is CCCc1cc(CC(C)[Si](Cl)Cl)c(CC(C)[Si](Cl)Cl)c(CC(C)[Si](Cl)Cl)c1CC(C)[Si](Cl)Cl. The summed E-state index contributed by atoms with van der Waals surface area (Å²) in [7, 11) is -5.88. The molecule has 1 aromatic rings. The van der Waals surface area contributed by atoms with Gasteiger partial charge in [-0.2, -0.15) is 0 Å². The summed E-state index contributed by atoms with van der Waals surface area (Å²) in [4.78, 5) is 0. The quantitative estimate of drug-likeness (QED) is 0.136. The summed E-state index contributed by atoms with van der Waals surface area (Å²) < 4.78 is 0. The molecule has 33 heavy (non-hydrogen) atoms. The van der Waals surface area contributed by atoms with E-state index < -0.39 is 29.7 Å². The highest BCUT2D eigenvalue weighted by Crippen LogP contribution is 2.38. The molecule has 0 aliphatic carbocycles. The Labute approximate surface area is 245 Å². The maximum atomic E-state index is 6.42. The van der Waals surface area contributed by atoms with Crippen molar-refractivity contribution >= 4 is 118 Å². The topological polar surface area (TPSA) is 0 Å². The molecule has 0 aliphatic rings. The fourth-order valence-electron chi connectivity index (χ4n) is 3.94. The van der Waals surface area contributed by atoms with Gasteiger partial charge in [0.2, 0.25) is 0 Å². The van der Waals surface area contributed by atoms with Gasteiger partial charge in [-0.25, -0.2) is 0 Å². The molecule has 0 nitrogen and oxygen atoms in total. The smallest absolute Gasteiger partial charge is 0.146 e. The van der Waals surface area contributed by atoms with Gasteiger partial charge in [-0.3, -0.25) is 0 Å². The Balaban J connectivity index is 3.83. The van der Waals surface area contributed by atoms with E-state index in [1.54, 1.807) is 0 Å². The summed E-state index contributed by atoms with van der Waals surface area (Å²) in [5.41, 5.74) is 7.50. The average molecular weight is 680 g/mol. The number of halogens is 8. The molecule has 0 saturated carbocycles. The monoisotopic (exact) mass is 676 g/mol. The van der Waals surface area contributed by atoms with Crippen LogP contribution in [0.2, 0.25) is 22.2 Å². The number of aryl methyl sites for hydroxylation is 1. The third-order valence-electron chi connectivity index (χ3n) is 5.92. The van der Waals surface area contributed by atoms with Gasteiger partial charge in [0.05, 0.1) is 0 Å². The van der Waals surface area contributed by atoms with Crippen LogP contribution in [-0.4, -0.2) is 29.7 Å². The Bertz CT molecular complexity index is 733. The van der Waals surface area contributed by atoms with E-state index in [9.17, 15) is 0 Å². The van der Waals surface area contributed by atoms with Gasteiger partial charge in [0.15, 0.2) is 0 Å². The molecule has 1 aromatic carbocycles. The molecular weight excluding hydrogens is 648 g/mol. The van der Waals surface area contributed by atoms with Crippen molar-refractivity contribution in [3.8, 4) is 0 Å². The van der Waals surface area contributed by atoms with Gasteiger partial charge in [0.25, 0.3) is 29.7 Å². The first-order valence-electron chi connectivity index (χ1n) is 11.2. The highest BCUT2D eigenvalue weighted by atomic mass is 35.7. The summed E-state index contributed by atoms with van der Waals surface area (Å²) >= 11 is 51.2. The molecule has 4 atom stereocenters. The van der Waals surface area contributed by atoms with Crippen LogP contribution < -0.4 is 0 Å². The second-order valence-corrected chi connectivity index (χ2v) is 27.3. The van der Waals surface area contributed by atoms with E-state index in [1.807, 2.05) is 0 Å².